The topological polar surface area (TPSA) is 32.6 Å². The Kier molecular flexibility index (Phi) is 4.24. The summed E-state index contributed by atoms with van der Waals surface area (Å²) in [6.07, 6.45) is 7.91. The molecule has 1 atom stereocenters. The minimum absolute atomic E-state index is 0.627. The summed E-state index contributed by atoms with van der Waals surface area (Å²) >= 11 is 6.02. The average molecular weight is 293 g/mol. The van der Waals surface area contributed by atoms with E-state index in [9.17, 15) is 0 Å². The van der Waals surface area contributed by atoms with E-state index >= 15 is 0 Å². The van der Waals surface area contributed by atoms with E-state index in [1.807, 2.05) is 29.8 Å². The fraction of sp³-hybridized carbons (Fsp3) is 0.533. The summed E-state index contributed by atoms with van der Waals surface area (Å²) in [5.41, 5.74) is 2.09. The maximum atomic E-state index is 6.02. The largest absolute Gasteiger partial charge is 0.318 e. The fourth-order valence-electron chi connectivity index (χ4n) is 3.04. The molecular weight excluding hydrogens is 272 g/mol. The van der Waals surface area contributed by atoms with Crippen LogP contribution in [0.4, 0.5) is 0 Å². The van der Waals surface area contributed by atoms with Gasteiger partial charge in [-0.3, -0.25) is 4.90 Å². The first-order chi connectivity index (χ1) is 9.76. The van der Waals surface area contributed by atoms with Crippen molar-refractivity contribution in [1.82, 2.24) is 19.6 Å². The highest BCUT2D eigenvalue weighted by Gasteiger charge is 2.22. The number of hydrogen-bond acceptors (Lipinski definition) is 3. The molecule has 1 N–H and O–H groups in total. The van der Waals surface area contributed by atoms with Crippen molar-refractivity contribution in [2.75, 3.05) is 20.1 Å². The van der Waals surface area contributed by atoms with Crippen LogP contribution in [0.3, 0.4) is 0 Å². The third-order valence-electron chi connectivity index (χ3n) is 4.02. The van der Waals surface area contributed by atoms with Crippen LogP contribution in [-0.2, 0) is 6.54 Å². The molecule has 0 radical (unpaired) electrons. The van der Waals surface area contributed by atoms with Crippen LogP contribution in [0.2, 0.25) is 5.02 Å². The van der Waals surface area contributed by atoms with Crippen LogP contribution in [0, 0.1) is 0 Å². The van der Waals surface area contributed by atoms with Crippen LogP contribution < -0.4 is 5.32 Å². The van der Waals surface area contributed by atoms with Crippen LogP contribution in [-0.4, -0.2) is 40.5 Å². The molecule has 5 heteroatoms. The number of rotatable bonds is 4. The summed E-state index contributed by atoms with van der Waals surface area (Å²) in [7, 11) is 2.03. The maximum absolute atomic E-state index is 6.02. The SMILES string of the molecule is CNCC1CCCCN1Cc1cn2cc(Cl)ccc2n1. The first-order valence-corrected chi connectivity index (χ1v) is 7.66. The molecule has 108 valence electrons. The molecule has 0 saturated carbocycles. The molecule has 0 amide bonds. The van der Waals surface area contributed by atoms with Gasteiger partial charge in [-0.05, 0) is 38.6 Å². The van der Waals surface area contributed by atoms with Crippen molar-refractivity contribution >= 4 is 17.2 Å². The molecule has 0 spiro atoms. The van der Waals surface area contributed by atoms with Gasteiger partial charge in [-0.25, -0.2) is 4.98 Å². The summed E-state index contributed by atoms with van der Waals surface area (Å²) < 4.78 is 2.01. The maximum Gasteiger partial charge on any atom is 0.137 e. The van der Waals surface area contributed by atoms with E-state index in [4.69, 9.17) is 11.6 Å². The molecule has 0 aliphatic carbocycles. The van der Waals surface area contributed by atoms with Crippen LogP contribution in [0.15, 0.2) is 24.5 Å². The van der Waals surface area contributed by atoms with Crippen LogP contribution >= 0.6 is 11.6 Å². The predicted molar refractivity (Wildman–Crippen MR) is 82.2 cm³/mol. The molecule has 0 aromatic carbocycles. The zero-order valence-electron chi connectivity index (χ0n) is 11.8. The highest BCUT2D eigenvalue weighted by Crippen LogP contribution is 2.20. The molecule has 0 bridgehead atoms. The van der Waals surface area contributed by atoms with Crippen LogP contribution in [0.25, 0.3) is 5.65 Å². The zero-order valence-corrected chi connectivity index (χ0v) is 12.6. The second-order valence-corrected chi connectivity index (χ2v) is 5.96. The Morgan fingerprint density at radius 1 is 1.35 bits per heavy atom. The minimum Gasteiger partial charge on any atom is -0.318 e. The van der Waals surface area contributed by atoms with Crippen molar-refractivity contribution in [3.63, 3.8) is 0 Å². The average Bonchev–Trinajstić information content (AvgIpc) is 2.82. The number of fused-ring (bicyclic) bond motifs is 1. The number of likely N-dealkylation sites (tertiary alicyclic amines) is 1. The van der Waals surface area contributed by atoms with Crippen molar-refractivity contribution in [2.45, 2.75) is 31.8 Å². The molecule has 3 rings (SSSR count). The molecule has 2 aromatic heterocycles. The first kappa shape index (κ1) is 13.9. The van der Waals surface area contributed by atoms with E-state index in [-0.39, 0.29) is 0 Å². The lowest BCUT2D eigenvalue weighted by molar-refractivity contribution is 0.138. The van der Waals surface area contributed by atoms with Crippen LogP contribution in [0.5, 0.6) is 0 Å². The number of imidazole rings is 1. The van der Waals surface area contributed by atoms with E-state index in [1.165, 1.54) is 25.8 Å². The van der Waals surface area contributed by atoms with Gasteiger partial charge < -0.3 is 9.72 Å². The molecule has 1 saturated heterocycles. The summed E-state index contributed by atoms with van der Waals surface area (Å²) in [5, 5.41) is 4.05. The lowest BCUT2D eigenvalue weighted by Gasteiger charge is -2.35. The third kappa shape index (κ3) is 2.97. The zero-order chi connectivity index (χ0) is 13.9. The predicted octanol–water partition coefficient (Wildman–Crippen LogP) is 2.56. The Balaban J connectivity index is 1.77. The van der Waals surface area contributed by atoms with Crippen molar-refractivity contribution in [1.29, 1.82) is 0 Å². The number of pyridine rings is 1. The van der Waals surface area contributed by atoms with Gasteiger partial charge in [-0.1, -0.05) is 18.0 Å². The molecule has 2 aromatic rings. The van der Waals surface area contributed by atoms with Gasteiger partial charge in [0.2, 0.25) is 0 Å². The van der Waals surface area contributed by atoms with E-state index in [0.29, 0.717) is 6.04 Å². The monoisotopic (exact) mass is 292 g/mol. The number of likely N-dealkylation sites (N-methyl/N-ethyl adjacent to an activating group) is 1. The van der Waals surface area contributed by atoms with Crippen molar-refractivity contribution in [3.05, 3.63) is 35.2 Å². The van der Waals surface area contributed by atoms with Gasteiger partial charge in [0, 0.05) is 31.5 Å². The van der Waals surface area contributed by atoms with Gasteiger partial charge in [0.1, 0.15) is 5.65 Å². The van der Waals surface area contributed by atoms with Crippen molar-refractivity contribution < 1.29 is 0 Å². The summed E-state index contributed by atoms with van der Waals surface area (Å²) in [4.78, 5) is 7.23. The van der Waals surface area contributed by atoms with E-state index in [1.54, 1.807) is 0 Å². The van der Waals surface area contributed by atoms with E-state index < -0.39 is 0 Å². The normalized spacial score (nSPS) is 20.6. The number of nitrogens with zero attached hydrogens (tertiary/aromatic N) is 3. The summed E-state index contributed by atoms with van der Waals surface area (Å²) in [5.74, 6) is 0. The molecule has 3 heterocycles. The molecular formula is C15H21ClN4. The quantitative estimate of drug-likeness (QED) is 0.940. The standard InChI is InChI=1S/C15H21ClN4/c1-17-8-14-4-2-3-7-19(14)10-13-11-20-9-12(16)5-6-15(20)18-13/h5-6,9,11,14,17H,2-4,7-8,10H2,1H3. The van der Waals surface area contributed by atoms with Gasteiger partial charge in [0.25, 0.3) is 0 Å². The Labute approximate surface area is 124 Å². The highest BCUT2D eigenvalue weighted by molar-refractivity contribution is 6.30. The number of nitrogens with one attached hydrogen (secondary N) is 1. The molecule has 4 nitrogen and oxygen atoms in total. The molecule has 1 fully saturated rings. The molecule has 1 aliphatic rings. The van der Waals surface area contributed by atoms with E-state index in [2.05, 4.69) is 21.4 Å². The number of hydrogen-bond donors (Lipinski definition) is 1. The van der Waals surface area contributed by atoms with Gasteiger partial charge in [0.05, 0.1) is 10.7 Å². The van der Waals surface area contributed by atoms with Gasteiger partial charge >= 0.3 is 0 Å². The Bertz CT molecular complexity index is 578. The van der Waals surface area contributed by atoms with Gasteiger partial charge in [-0.15, -0.1) is 0 Å². The molecule has 20 heavy (non-hydrogen) atoms. The van der Waals surface area contributed by atoms with Crippen molar-refractivity contribution in [3.8, 4) is 0 Å². The van der Waals surface area contributed by atoms with Gasteiger partial charge in [-0.2, -0.15) is 0 Å². The lowest BCUT2D eigenvalue weighted by Crippen LogP contribution is -2.44. The minimum atomic E-state index is 0.627. The first-order valence-electron chi connectivity index (χ1n) is 7.28. The van der Waals surface area contributed by atoms with Crippen LogP contribution in [0.1, 0.15) is 25.0 Å². The third-order valence-corrected chi connectivity index (χ3v) is 4.24. The Morgan fingerprint density at radius 2 is 2.25 bits per heavy atom. The highest BCUT2D eigenvalue weighted by atomic mass is 35.5. The second-order valence-electron chi connectivity index (χ2n) is 5.52. The second kappa shape index (κ2) is 6.12. The van der Waals surface area contributed by atoms with Crippen molar-refractivity contribution in [2.24, 2.45) is 0 Å². The fourth-order valence-corrected chi connectivity index (χ4v) is 3.20. The lowest BCUT2D eigenvalue weighted by atomic mass is 10.0. The summed E-state index contributed by atoms with van der Waals surface area (Å²) in [6, 6.07) is 4.48. The Hall–Kier alpha value is -1.10. The molecule has 1 unspecified atom stereocenters. The Morgan fingerprint density at radius 3 is 3.10 bits per heavy atom. The number of halogens is 1. The smallest absolute Gasteiger partial charge is 0.137 e. The number of piperidine rings is 1. The summed E-state index contributed by atoms with van der Waals surface area (Å²) in [6.45, 7) is 3.14. The molecule has 1 aliphatic heterocycles. The number of aromatic nitrogens is 2. The van der Waals surface area contributed by atoms with Gasteiger partial charge in [0.15, 0.2) is 0 Å². The van der Waals surface area contributed by atoms with E-state index in [0.717, 1.165) is 29.5 Å².